The zero-order valence-electron chi connectivity index (χ0n) is 11.8. The molecule has 22 heavy (non-hydrogen) atoms. The molecule has 0 radical (unpaired) electrons. The van der Waals surface area contributed by atoms with Crippen molar-refractivity contribution in [1.29, 1.82) is 0 Å². The van der Waals surface area contributed by atoms with E-state index in [2.05, 4.69) is 15.3 Å². The highest BCUT2D eigenvalue weighted by Crippen LogP contribution is 2.21. The minimum atomic E-state index is -0.330. The molecule has 1 aromatic rings. The maximum atomic E-state index is 11.9. The number of amides is 2. The number of carbonyl (C=O) groups is 2. The monoisotopic (exact) mass is 343 g/mol. The SMILES string of the molecule is CCN1C(=O)/C(=C/CCNC(=O)c2cc(Cl)c(Cl)[nH]2)N=C1N. The molecule has 0 unspecified atom stereocenters. The van der Waals surface area contributed by atoms with E-state index in [-0.39, 0.29) is 33.6 Å². The standard InChI is InChI=1S/C13H15Cl2N5O2/c1-2-20-12(22)8(19-13(20)16)4-3-5-17-11(21)9-6-7(14)10(15)18-9/h4,6,18H,2-3,5H2,1H3,(H2,16,19)(H,17,21)/b8-4-. The topological polar surface area (TPSA) is 104 Å². The highest BCUT2D eigenvalue weighted by molar-refractivity contribution is 6.41. The predicted octanol–water partition coefficient (Wildman–Crippen LogP) is 1.50. The van der Waals surface area contributed by atoms with E-state index in [0.29, 0.717) is 25.2 Å². The Morgan fingerprint density at radius 3 is 2.82 bits per heavy atom. The first-order chi connectivity index (χ1) is 10.4. The summed E-state index contributed by atoms with van der Waals surface area (Å²) < 4.78 is 0. The molecule has 118 valence electrons. The zero-order chi connectivity index (χ0) is 16.3. The smallest absolute Gasteiger partial charge is 0.278 e. The van der Waals surface area contributed by atoms with Gasteiger partial charge in [-0.1, -0.05) is 29.3 Å². The van der Waals surface area contributed by atoms with E-state index in [4.69, 9.17) is 28.9 Å². The minimum absolute atomic E-state index is 0.193. The van der Waals surface area contributed by atoms with Crippen LogP contribution in [0, 0.1) is 0 Å². The average Bonchev–Trinajstić information content (AvgIpc) is 2.95. The maximum absolute atomic E-state index is 11.9. The van der Waals surface area contributed by atoms with Crippen molar-refractivity contribution in [2.45, 2.75) is 13.3 Å². The van der Waals surface area contributed by atoms with Gasteiger partial charge in [-0.2, -0.15) is 0 Å². The van der Waals surface area contributed by atoms with Crippen LogP contribution in [-0.2, 0) is 4.79 Å². The summed E-state index contributed by atoms with van der Waals surface area (Å²) in [6.45, 7) is 2.62. The summed E-state index contributed by atoms with van der Waals surface area (Å²) in [6, 6.07) is 1.45. The van der Waals surface area contributed by atoms with Gasteiger partial charge in [0.1, 0.15) is 16.5 Å². The molecule has 4 N–H and O–H groups in total. The van der Waals surface area contributed by atoms with Gasteiger partial charge < -0.3 is 16.0 Å². The molecule has 0 spiro atoms. The van der Waals surface area contributed by atoms with E-state index in [9.17, 15) is 9.59 Å². The lowest BCUT2D eigenvalue weighted by atomic mass is 10.3. The van der Waals surface area contributed by atoms with Crippen molar-refractivity contribution in [1.82, 2.24) is 15.2 Å². The molecule has 1 aliphatic heterocycles. The van der Waals surface area contributed by atoms with E-state index in [1.807, 2.05) is 6.92 Å². The lowest BCUT2D eigenvalue weighted by Crippen LogP contribution is -2.36. The lowest BCUT2D eigenvalue weighted by molar-refractivity contribution is -0.122. The number of aliphatic imine (C=N–C) groups is 1. The molecule has 0 aromatic carbocycles. The first-order valence-corrected chi connectivity index (χ1v) is 7.38. The van der Waals surface area contributed by atoms with Crippen LogP contribution in [0.5, 0.6) is 0 Å². The summed E-state index contributed by atoms with van der Waals surface area (Å²) in [5, 5.41) is 3.18. The number of nitrogens with one attached hydrogen (secondary N) is 2. The quantitative estimate of drug-likeness (QED) is 0.557. The van der Waals surface area contributed by atoms with Gasteiger partial charge in [0, 0.05) is 13.1 Å². The number of aromatic amines is 1. The highest BCUT2D eigenvalue weighted by Gasteiger charge is 2.26. The zero-order valence-corrected chi connectivity index (χ0v) is 13.3. The molecule has 9 heteroatoms. The fourth-order valence-electron chi connectivity index (χ4n) is 1.93. The predicted molar refractivity (Wildman–Crippen MR) is 84.9 cm³/mol. The van der Waals surface area contributed by atoms with Crippen LogP contribution in [0.15, 0.2) is 22.8 Å². The first-order valence-electron chi connectivity index (χ1n) is 6.62. The van der Waals surface area contributed by atoms with E-state index < -0.39 is 0 Å². The van der Waals surface area contributed by atoms with Gasteiger partial charge in [-0.25, -0.2) is 4.99 Å². The number of nitrogens with two attached hydrogens (primary N) is 1. The van der Waals surface area contributed by atoms with Gasteiger partial charge in [-0.15, -0.1) is 0 Å². The van der Waals surface area contributed by atoms with Crippen LogP contribution in [0.25, 0.3) is 0 Å². The summed E-state index contributed by atoms with van der Waals surface area (Å²) in [7, 11) is 0. The van der Waals surface area contributed by atoms with Crippen molar-refractivity contribution >= 4 is 41.0 Å². The van der Waals surface area contributed by atoms with Crippen molar-refractivity contribution in [3.05, 3.63) is 33.7 Å². The Morgan fingerprint density at radius 2 is 2.27 bits per heavy atom. The average molecular weight is 344 g/mol. The normalized spacial score (nSPS) is 16.3. The second-order valence-electron chi connectivity index (χ2n) is 4.50. The number of rotatable bonds is 5. The number of hydrogen-bond donors (Lipinski definition) is 3. The van der Waals surface area contributed by atoms with Crippen LogP contribution in [0.4, 0.5) is 0 Å². The summed E-state index contributed by atoms with van der Waals surface area (Å²) in [5.74, 6) is -0.365. The second-order valence-corrected chi connectivity index (χ2v) is 5.28. The maximum Gasteiger partial charge on any atom is 0.278 e. The number of carbonyl (C=O) groups excluding carboxylic acids is 2. The van der Waals surface area contributed by atoms with Gasteiger partial charge in [0.05, 0.1) is 5.02 Å². The van der Waals surface area contributed by atoms with Crippen LogP contribution >= 0.6 is 23.2 Å². The molecule has 2 rings (SSSR count). The third-order valence-corrected chi connectivity index (χ3v) is 3.72. The van der Waals surface area contributed by atoms with Gasteiger partial charge in [0.15, 0.2) is 0 Å². The van der Waals surface area contributed by atoms with E-state index in [1.165, 1.54) is 11.0 Å². The van der Waals surface area contributed by atoms with Crippen LogP contribution in [0.1, 0.15) is 23.8 Å². The number of nitrogens with zero attached hydrogens (tertiary/aromatic N) is 2. The molecule has 2 heterocycles. The van der Waals surface area contributed by atoms with Crippen LogP contribution in [0.3, 0.4) is 0 Å². The number of H-pyrrole nitrogens is 1. The van der Waals surface area contributed by atoms with Crippen molar-refractivity contribution in [3.8, 4) is 0 Å². The van der Waals surface area contributed by atoms with Crippen molar-refractivity contribution < 1.29 is 9.59 Å². The molecule has 0 fully saturated rings. The number of likely N-dealkylation sites (N-methyl/N-ethyl adjacent to an activating group) is 1. The number of hydrogen-bond acceptors (Lipinski definition) is 4. The van der Waals surface area contributed by atoms with Crippen molar-refractivity contribution in [2.24, 2.45) is 10.7 Å². The van der Waals surface area contributed by atoms with E-state index in [1.54, 1.807) is 6.08 Å². The molecule has 1 aliphatic rings. The Morgan fingerprint density at radius 1 is 1.55 bits per heavy atom. The Kier molecular flexibility index (Phi) is 5.10. The molecule has 0 saturated carbocycles. The lowest BCUT2D eigenvalue weighted by Gasteiger charge is -2.10. The Balaban J connectivity index is 1.86. The molecular weight excluding hydrogens is 329 g/mol. The molecule has 0 saturated heterocycles. The fourth-order valence-corrected chi connectivity index (χ4v) is 2.24. The van der Waals surface area contributed by atoms with Gasteiger partial charge >= 0.3 is 0 Å². The van der Waals surface area contributed by atoms with Gasteiger partial charge in [-0.3, -0.25) is 14.5 Å². The van der Waals surface area contributed by atoms with Crippen molar-refractivity contribution in [3.63, 3.8) is 0 Å². The summed E-state index contributed by atoms with van der Waals surface area (Å²) >= 11 is 11.5. The molecule has 1 aromatic heterocycles. The molecule has 0 aliphatic carbocycles. The summed E-state index contributed by atoms with van der Waals surface area (Å²) in [6.07, 6.45) is 2.09. The summed E-state index contributed by atoms with van der Waals surface area (Å²) in [5.41, 5.74) is 6.20. The van der Waals surface area contributed by atoms with E-state index >= 15 is 0 Å². The number of guanidine groups is 1. The molecule has 0 bridgehead atoms. The molecule has 7 nitrogen and oxygen atoms in total. The highest BCUT2D eigenvalue weighted by atomic mass is 35.5. The van der Waals surface area contributed by atoms with Gasteiger partial charge in [-0.05, 0) is 19.4 Å². The first kappa shape index (κ1) is 16.4. The molecule has 2 amide bonds. The van der Waals surface area contributed by atoms with E-state index in [0.717, 1.165) is 0 Å². The van der Waals surface area contributed by atoms with Crippen LogP contribution < -0.4 is 11.1 Å². The number of halogens is 2. The minimum Gasteiger partial charge on any atom is -0.369 e. The number of aromatic nitrogens is 1. The van der Waals surface area contributed by atoms with Gasteiger partial charge in [0.25, 0.3) is 11.8 Å². The molecule has 0 atom stereocenters. The van der Waals surface area contributed by atoms with Crippen LogP contribution in [-0.4, -0.2) is 40.7 Å². The third kappa shape index (κ3) is 3.42. The Labute approximate surface area is 137 Å². The summed E-state index contributed by atoms with van der Waals surface area (Å²) in [4.78, 5) is 31.7. The Bertz CT molecular complexity index is 646. The molecular formula is C13H15Cl2N5O2. The van der Waals surface area contributed by atoms with Crippen molar-refractivity contribution in [2.75, 3.05) is 13.1 Å². The largest absolute Gasteiger partial charge is 0.369 e. The Hall–Kier alpha value is -1.99. The van der Waals surface area contributed by atoms with Gasteiger partial charge in [0.2, 0.25) is 5.96 Å². The van der Waals surface area contributed by atoms with Crippen LogP contribution in [0.2, 0.25) is 10.2 Å². The second kappa shape index (κ2) is 6.85. The fraction of sp³-hybridized carbons (Fsp3) is 0.308. The third-order valence-electron chi connectivity index (χ3n) is 3.03.